The van der Waals surface area contributed by atoms with Gasteiger partial charge in [-0.05, 0) is 26.8 Å². The molecule has 0 N–H and O–H groups in total. The van der Waals surface area contributed by atoms with E-state index in [1.807, 2.05) is 0 Å². The molecule has 0 amide bonds. The van der Waals surface area contributed by atoms with E-state index >= 15 is 0 Å². The smallest absolute Gasteiger partial charge is 0.316 e. The fourth-order valence-electron chi connectivity index (χ4n) is 1.39. The number of esters is 1. The molecule has 0 radical (unpaired) electrons. The van der Waals surface area contributed by atoms with E-state index in [9.17, 15) is 25.0 Å². The minimum absolute atomic E-state index is 0.115. The predicted molar refractivity (Wildman–Crippen MR) is 76.3 cm³/mol. The second-order valence-electron chi connectivity index (χ2n) is 5.04. The quantitative estimate of drug-likeness (QED) is 0.355. The Labute approximate surface area is 124 Å². The average Bonchev–Trinajstić information content (AvgIpc) is 2.33. The number of benzene rings is 1. The van der Waals surface area contributed by atoms with Crippen LogP contribution in [0.15, 0.2) is 23.1 Å². The zero-order valence-corrected chi connectivity index (χ0v) is 12.5. The van der Waals surface area contributed by atoms with E-state index in [1.54, 1.807) is 20.8 Å². The maximum Gasteiger partial charge on any atom is 0.316 e. The van der Waals surface area contributed by atoms with Crippen LogP contribution in [-0.2, 0) is 9.53 Å². The highest BCUT2D eigenvalue weighted by Gasteiger charge is 2.22. The summed E-state index contributed by atoms with van der Waals surface area (Å²) in [6, 6.07) is 3.28. The Morgan fingerprint density at radius 1 is 1.24 bits per heavy atom. The van der Waals surface area contributed by atoms with Crippen molar-refractivity contribution in [3.63, 3.8) is 0 Å². The van der Waals surface area contributed by atoms with Crippen LogP contribution in [0, 0.1) is 20.2 Å². The first kappa shape index (κ1) is 16.9. The van der Waals surface area contributed by atoms with E-state index in [1.165, 1.54) is 6.07 Å². The van der Waals surface area contributed by atoms with Crippen molar-refractivity contribution in [2.24, 2.45) is 0 Å². The predicted octanol–water partition coefficient (Wildman–Crippen LogP) is 2.94. The van der Waals surface area contributed by atoms with E-state index in [-0.39, 0.29) is 16.3 Å². The molecule has 0 saturated carbocycles. The Hall–Kier alpha value is -2.16. The third-order valence-corrected chi connectivity index (χ3v) is 3.15. The van der Waals surface area contributed by atoms with Crippen molar-refractivity contribution in [1.82, 2.24) is 0 Å². The maximum atomic E-state index is 11.6. The van der Waals surface area contributed by atoms with E-state index < -0.39 is 27.1 Å². The van der Waals surface area contributed by atoms with Crippen LogP contribution >= 0.6 is 11.8 Å². The van der Waals surface area contributed by atoms with Crippen molar-refractivity contribution >= 4 is 29.1 Å². The number of carbonyl (C=O) groups excluding carboxylic acids is 1. The molecule has 114 valence electrons. The van der Waals surface area contributed by atoms with Crippen molar-refractivity contribution < 1.29 is 19.4 Å². The number of non-ortho nitro benzene ring substituents is 1. The summed E-state index contributed by atoms with van der Waals surface area (Å²) < 4.78 is 5.08. The molecule has 0 aliphatic heterocycles. The Bertz CT molecular complexity index is 582. The molecule has 0 atom stereocenters. The molecule has 9 heteroatoms. The lowest BCUT2D eigenvalue weighted by Gasteiger charge is -2.19. The first-order valence-electron chi connectivity index (χ1n) is 5.87. The standard InChI is InChI=1S/C12H14N2O6S/c1-12(2,3)20-11(15)7-21-10-5-4-8(13(16)17)6-9(10)14(18)19/h4-6H,7H2,1-3H3. The molecule has 0 aliphatic rings. The summed E-state index contributed by atoms with van der Waals surface area (Å²) in [4.78, 5) is 31.8. The van der Waals surface area contributed by atoms with Gasteiger partial charge in [-0.15, -0.1) is 11.8 Å². The third kappa shape index (κ3) is 5.38. The SMILES string of the molecule is CC(C)(C)OC(=O)CSc1ccc([N+](=O)[O-])cc1[N+](=O)[O-]. The summed E-state index contributed by atoms with van der Waals surface area (Å²) in [6.45, 7) is 5.14. The zero-order valence-electron chi connectivity index (χ0n) is 11.7. The molecule has 21 heavy (non-hydrogen) atoms. The second-order valence-corrected chi connectivity index (χ2v) is 6.06. The zero-order chi connectivity index (χ0) is 16.2. The van der Waals surface area contributed by atoms with Crippen LogP contribution in [0.1, 0.15) is 20.8 Å². The van der Waals surface area contributed by atoms with Crippen molar-refractivity contribution in [2.45, 2.75) is 31.3 Å². The lowest BCUT2D eigenvalue weighted by molar-refractivity contribution is -0.396. The van der Waals surface area contributed by atoms with Crippen LogP contribution in [0.2, 0.25) is 0 Å². The van der Waals surface area contributed by atoms with Gasteiger partial charge in [0.25, 0.3) is 11.4 Å². The summed E-state index contributed by atoms with van der Waals surface area (Å²) in [6.07, 6.45) is 0. The Kier molecular flexibility index (Phi) is 5.25. The number of carbonyl (C=O) groups is 1. The Balaban J connectivity index is 2.86. The summed E-state index contributed by atoms with van der Waals surface area (Å²) in [5, 5.41) is 21.5. The Morgan fingerprint density at radius 2 is 1.86 bits per heavy atom. The molecule has 0 unspecified atom stereocenters. The molecule has 1 rings (SSSR count). The molecule has 0 saturated heterocycles. The van der Waals surface area contributed by atoms with Crippen LogP contribution in [0.3, 0.4) is 0 Å². The number of nitro benzene ring substituents is 2. The van der Waals surface area contributed by atoms with Gasteiger partial charge in [-0.2, -0.15) is 0 Å². The summed E-state index contributed by atoms with van der Waals surface area (Å²) in [5.74, 6) is -0.629. The molecular formula is C12H14N2O6S. The molecule has 0 spiro atoms. The minimum Gasteiger partial charge on any atom is -0.459 e. The van der Waals surface area contributed by atoms with Gasteiger partial charge >= 0.3 is 5.97 Å². The lowest BCUT2D eigenvalue weighted by atomic mass is 10.2. The van der Waals surface area contributed by atoms with E-state index in [0.29, 0.717) is 0 Å². The summed E-state index contributed by atoms with van der Waals surface area (Å²) in [5.41, 5.74) is -1.42. The number of nitrogens with zero attached hydrogens (tertiary/aromatic N) is 2. The normalized spacial score (nSPS) is 11.0. The number of thioether (sulfide) groups is 1. The average molecular weight is 314 g/mol. The van der Waals surface area contributed by atoms with Crippen LogP contribution in [-0.4, -0.2) is 27.2 Å². The van der Waals surface area contributed by atoms with Gasteiger partial charge in [0.1, 0.15) is 5.60 Å². The number of rotatable bonds is 5. The van der Waals surface area contributed by atoms with Gasteiger partial charge in [0.15, 0.2) is 0 Å². The molecule has 0 fully saturated rings. The van der Waals surface area contributed by atoms with Crippen molar-refractivity contribution in [2.75, 3.05) is 5.75 Å². The highest BCUT2D eigenvalue weighted by Crippen LogP contribution is 2.32. The second kappa shape index (κ2) is 6.53. The molecule has 1 aromatic rings. The highest BCUT2D eigenvalue weighted by atomic mass is 32.2. The van der Waals surface area contributed by atoms with Gasteiger partial charge in [-0.3, -0.25) is 25.0 Å². The lowest BCUT2D eigenvalue weighted by Crippen LogP contribution is -2.24. The van der Waals surface area contributed by atoms with E-state index in [0.717, 1.165) is 23.9 Å². The van der Waals surface area contributed by atoms with Crippen molar-refractivity contribution in [3.05, 3.63) is 38.4 Å². The van der Waals surface area contributed by atoms with Crippen LogP contribution in [0.4, 0.5) is 11.4 Å². The Morgan fingerprint density at radius 3 is 2.33 bits per heavy atom. The van der Waals surface area contributed by atoms with E-state index in [4.69, 9.17) is 4.74 Å². The molecule has 8 nitrogen and oxygen atoms in total. The van der Waals surface area contributed by atoms with Crippen molar-refractivity contribution in [1.29, 1.82) is 0 Å². The van der Waals surface area contributed by atoms with E-state index in [2.05, 4.69) is 0 Å². The number of hydrogen-bond donors (Lipinski definition) is 0. The number of nitro groups is 2. The topological polar surface area (TPSA) is 113 Å². The van der Waals surface area contributed by atoms with Crippen molar-refractivity contribution in [3.8, 4) is 0 Å². The van der Waals surface area contributed by atoms with Crippen LogP contribution in [0.5, 0.6) is 0 Å². The fourth-order valence-corrected chi connectivity index (χ4v) is 2.17. The summed E-state index contributed by atoms with van der Waals surface area (Å²) >= 11 is 0.906. The minimum atomic E-state index is -0.718. The summed E-state index contributed by atoms with van der Waals surface area (Å²) in [7, 11) is 0. The maximum absolute atomic E-state index is 11.6. The van der Waals surface area contributed by atoms with Gasteiger partial charge in [-0.1, -0.05) is 0 Å². The van der Waals surface area contributed by atoms with Crippen LogP contribution < -0.4 is 0 Å². The molecule has 0 aliphatic carbocycles. The first-order valence-corrected chi connectivity index (χ1v) is 6.86. The molecule has 0 aromatic heterocycles. The molecule has 0 bridgehead atoms. The first-order chi connectivity index (χ1) is 9.60. The van der Waals surface area contributed by atoms with Gasteiger partial charge in [0, 0.05) is 6.07 Å². The van der Waals surface area contributed by atoms with Gasteiger partial charge in [0.2, 0.25) is 0 Å². The van der Waals surface area contributed by atoms with Gasteiger partial charge in [0.05, 0.1) is 26.6 Å². The van der Waals surface area contributed by atoms with Crippen LogP contribution in [0.25, 0.3) is 0 Å². The number of hydrogen-bond acceptors (Lipinski definition) is 7. The monoisotopic (exact) mass is 314 g/mol. The largest absolute Gasteiger partial charge is 0.459 e. The highest BCUT2D eigenvalue weighted by molar-refractivity contribution is 8.00. The molecular weight excluding hydrogens is 300 g/mol. The molecule has 0 heterocycles. The fraction of sp³-hybridized carbons (Fsp3) is 0.417. The number of ether oxygens (including phenoxy) is 1. The molecule has 1 aromatic carbocycles. The van der Waals surface area contributed by atoms with Gasteiger partial charge in [-0.25, -0.2) is 0 Å². The third-order valence-electron chi connectivity index (χ3n) is 2.12. The van der Waals surface area contributed by atoms with Gasteiger partial charge < -0.3 is 4.74 Å².